The summed E-state index contributed by atoms with van der Waals surface area (Å²) in [5.41, 5.74) is 1.75. The van der Waals surface area contributed by atoms with Crippen LogP contribution in [0.1, 0.15) is 31.9 Å². The minimum absolute atomic E-state index is 0.224. The number of benzene rings is 2. The molecule has 2 aromatic rings. The second-order valence-corrected chi connectivity index (χ2v) is 6.87. The van der Waals surface area contributed by atoms with Crippen molar-refractivity contribution in [1.82, 2.24) is 5.32 Å². The van der Waals surface area contributed by atoms with Crippen LogP contribution in [0.3, 0.4) is 0 Å². The maximum atomic E-state index is 13.1. The number of hydrogen-bond acceptors (Lipinski definition) is 4. The number of urea groups is 1. The molecule has 7 heteroatoms. The van der Waals surface area contributed by atoms with Gasteiger partial charge in [0.15, 0.2) is 5.92 Å². The van der Waals surface area contributed by atoms with Crippen LogP contribution < -0.4 is 10.2 Å². The van der Waals surface area contributed by atoms with E-state index in [9.17, 15) is 14.4 Å². The molecule has 0 aromatic heterocycles. The number of barbiturate groups is 1. The monoisotopic (exact) mass is 397 g/mol. The summed E-state index contributed by atoms with van der Waals surface area (Å²) in [4.78, 5) is 43.5. The maximum absolute atomic E-state index is 13.1. The van der Waals surface area contributed by atoms with E-state index >= 15 is 0 Å². The van der Waals surface area contributed by atoms with Crippen molar-refractivity contribution in [3.8, 4) is 0 Å². The Kier molecular flexibility index (Phi) is 5.90. The number of imide groups is 2. The van der Waals surface area contributed by atoms with Gasteiger partial charge >= 0.3 is 6.03 Å². The fourth-order valence-corrected chi connectivity index (χ4v) is 3.25. The number of carbonyl (C=O) groups excluding carboxylic acids is 3. The number of halogens is 1. The molecule has 1 aliphatic heterocycles. The topological polar surface area (TPSA) is 78.8 Å². The molecule has 1 unspecified atom stereocenters. The fourth-order valence-electron chi connectivity index (χ4n) is 3.13. The molecule has 0 saturated carbocycles. The van der Waals surface area contributed by atoms with Gasteiger partial charge in [0.1, 0.15) is 0 Å². The van der Waals surface area contributed by atoms with Crippen LogP contribution >= 0.6 is 11.6 Å². The van der Waals surface area contributed by atoms with Crippen molar-refractivity contribution in [2.45, 2.75) is 26.3 Å². The largest absolute Gasteiger partial charge is 0.335 e. The van der Waals surface area contributed by atoms with Crippen LogP contribution in [0.4, 0.5) is 10.5 Å². The first-order valence-electron chi connectivity index (χ1n) is 8.98. The van der Waals surface area contributed by atoms with Gasteiger partial charge in [-0.2, -0.15) is 0 Å². The van der Waals surface area contributed by atoms with Gasteiger partial charge in [-0.1, -0.05) is 48.9 Å². The van der Waals surface area contributed by atoms with Crippen LogP contribution in [0.2, 0.25) is 5.02 Å². The molecular weight excluding hydrogens is 378 g/mol. The first kappa shape index (κ1) is 19.8. The van der Waals surface area contributed by atoms with Gasteiger partial charge in [-0.15, -0.1) is 0 Å². The zero-order valence-electron chi connectivity index (χ0n) is 15.6. The quantitative estimate of drug-likeness (QED) is 0.608. The van der Waals surface area contributed by atoms with Gasteiger partial charge < -0.3 is 0 Å². The zero-order valence-corrected chi connectivity index (χ0v) is 16.3. The number of nitrogens with one attached hydrogen (secondary N) is 1. The summed E-state index contributed by atoms with van der Waals surface area (Å²) in [6.45, 7) is 3.73. The lowest BCUT2D eigenvalue weighted by Crippen LogP contribution is -2.60. The van der Waals surface area contributed by atoms with Gasteiger partial charge in [-0.05, 0) is 43.2 Å². The Balaban J connectivity index is 1.95. The highest BCUT2D eigenvalue weighted by Gasteiger charge is 2.43. The number of aliphatic imine (C=N–C) groups is 1. The van der Waals surface area contributed by atoms with Crippen LogP contribution in [0.15, 0.2) is 59.6 Å². The summed E-state index contributed by atoms with van der Waals surface area (Å²) in [6, 6.07) is 14.9. The normalized spacial score (nSPS) is 18.8. The molecular formula is C21H20ClN3O3. The Morgan fingerprint density at radius 1 is 1.11 bits per heavy atom. The molecule has 6 nitrogen and oxygen atoms in total. The van der Waals surface area contributed by atoms with Gasteiger partial charge in [0, 0.05) is 10.7 Å². The summed E-state index contributed by atoms with van der Waals surface area (Å²) in [6.07, 6.45) is 0.406. The summed E-state index contributed by atoms with van der Waals surface area (Å²) >= 11 is 5.89. The number of amides is 4. The molecule has 1 saturated heterocycles. The lowest BCUT2D eigenvalue weighted by Gasteiger charge is -2.31. The summed E-state index contributed by atoms with van der Waals surface area (Å²) in [5, 5.41) is 2.74. The minimum Gasteiger partial charge on any atom is -0.285 e. The molecule has 0 radical (unpaired) electrons. The third-order valence-corrected chi connectivity index (χ3v) is 4.84. The average Bonchev–Trinajstić information content (AvgIpc) is 2.68. The third-order valence-electron chi connectivity index (χ3n) is 4.58. The number of carbonyl (C=O) groups is 3. The Bertz CT molecular complexity index is 926. The van der Waals surface area contributed by atoms with E-state index in [0.717, 1.165) is 10.5 Å². The Hall–Kier alpha value is -2.99. The van der Waals surface area contributed by atoms with Crippen LogP contribution in [0.25, 0.3) is 0 Å². The van der Waals surface area contributed by atoms with E-state index in [-0.39, 0.29) is 6.04 Å². The lowest BCUT2D eigenvalue weighted by molar-refractivity contribution is -0.131. The van der Waals surface area contributed by atoms with E-state index in [1.54, 1.807) is 24.3 Å². The average molecular weight is 398 g/mol. The zero-order chi connectivity index (χ0) is 20.3. The number of nitrogens with zero attached hydrogens (tertiary/aromatic N) is 2. The Morgan fingerprint density at radius 3 is 2.36 bits per heavy atom. The first-order valence-corrected chi connectivity index (χ1v) is 9.36. The van der Waals surface area contributed by atoms with Crippen molar-refractivity contribution < 1.29 is 14.4 Å². The van der Waals surface area contributed by atoms with Crippen molar-refractivity contribution >= 4 is 40.8 Å². The summed E-state index contributed by atoms with van der Waals surface area (Å²) in [7, 11) is 0. The highest BCUT2D eigenvalue weighted by atomic mass is 35.5. The summed E-state index contributed by atoms with van der Waals surface area (Å²) < 4.78 is 0. The molecule has 144 valence electrons. The fraction of sp³-hybridized carbons (Fsp3) is 0.238. The molecule has 1 heterocycles. The van der Waals surface area contributed by atoms with E-state index in [4.69, 9.17) is 11.6 Å². The van der Waals surface area contributed by atoms with Crippen molar-refractivity contribution in [2.24, 2.45) is 10.9 Å². The Labute approximate surface area is 168 Å². The third kappa shape index (κ3) is 3.97. The first-order chi connectivity index (χ1) is 13.4. The highest BCUT2D eigenvalue weighted by molar-refractivity contribution is 6.35. The van der Waals surface area contributed by atoms with Gasteiger partial charge in [0.2, 0.25) is 5.91 Å². The standard InChI is InChI=1S/C21H20ClN3O3/c1-3-17(23-13(2)14-7-5-4-6-8-14)18-19(26)24-21(28)25(20(18)27)16-11-9-15(22)10-12-16/h4-13,18H,3H2,1-2H3,(H,24,26,28)/t13-,18?/m1/s1. The molecule has 0 aliphatic carbocycles. The predicted octanol–water partition coefficient (Wildman–Crippen LogP) is 4.15. The van der Waals surface area contributed by atoms with Crippen molar-refractivity contribution in [1.29, 1.82) is 0 Å². The molecule has 0 spiro atoms. The second kappa shape index (κ2) is 8.35. The van der Waals surface area contributed by atoms with Gasteiger partial charge in [-0.3, -0.25) is 19.9 Å². The van der Waals surface area contributed by atoms with Crippen LogP contribution in [0, 0.1) is 5.92 Å². The number of rotatable bonds is 5. The molecule has 3 rings (SSSR count). The molecule has 1 fully saturated rings. The number of anilines is 1. The van der Waals surface area contributed by atoms with E-state index in [1.807, 2.05) is 44.2 Å². The molecule has 0 bridgehead atoms. The Morgan fingerprint density at radius 2 is 1.75 bits per heavy atom. The van der Waals surface area contributed by atoms with Crippen molar-refractivity contribution in [3.63, 3.8) is 0 Å². The molecule has 4 amide bonds. The van der Waals surface area contributed by atoms with E-state index in [0.29, 0.717) is 22.8 Å². The SMILES string of the molecule is CCC(=N[C@H](C)c1ccccc1)C1C(=O)NC(=O)N(c2ccc(Cl)cc2)C1=O. The molecule has 2 atom stereocenters. The van der Waals surface area contributed by atoms with E-state index < -0.39 is 23.8 Å². The van der Waals surface area contributed by atoms with E-state index in [2.05, 4.69) is 10.3 Å². The summed E-state index contributed by atoms with van der Waals surface area (Å²) in [5.74, 6) is -2.41. The molecule has 28 heavy (non-hydrogen) atoms. The maximum Gasteiger partial charge on any atom is 0.335 e. The predicted molar refractivity (Wildman–Crippen MR) is 109 cm³/mol. The highest BCUT2D eigenvalue weighted by Crippen LogP contribution is 2.25. The molecule has 2 aromatic carbocycles. The van der Waals surface area contributed by atoms with Gasteiger partial charge in [0.05, 0.1) is 11.7 Å². The van der Waals surface area contributed by atoms with Crippen LogP contribution in [0.5, 0.6) is 0 Å². The molecule has 1 N–H and O–H groups in total. The van der Waals surface area contributed by atoms with Crippen molar-refractivity contribution in [3.05, 3.63) is 65.2 Å². The lowest BCUT2D eigenvalue weighted by atomic mass is 9.95. The number of hydrogen-bond donors (Lipinski definition) is 1. The van der Waals surface area contributed by atoms with Gasteiger partial charge in [-0.25, -0.2) is 9.69 Å². The van der Waals surface area contributed by atoms with E-state index in [1.165, 1.54) is 0 Å². The molecule has 1 aliphatic rings. The van der Waals surface area contributed by atoms with Gasteiger partial charge in [0.25, 0.3) is 5.91 Å². The van der Waals surface area contributed by atoms with Crippen molar-refractivity contribution in [2.75, 3.05) is 4.90 Å². The van der Waals surface area contributed by atoms with Crippen LogP contribution in [-0.4, -0.2) is 23.6 Å². The van der Waals surface area contributed by atoms with Crippen LogP contribution in [-0.2, 0) is 9.59 Å². The second-order valence-electron chi connectivity index (χ2n) is 6.44. The smallest absolute Gasteiger partial charge is 0.285 e. The minimum atomic E-state index is -1.15.